The number of halogens is 1. The molecular weight excluding hydrogens is 539 g/mol. The lowest BCUT2D eigenvalue weighted by molar-refractivity contribution is -0.134. The largest absolute Gasteiger partial charge is 0.372 e. The topological polar surface area (TPSA) is 66.0 Å². The standard InChI is InChI=1S/C27H36N4O2.HI/c1-28-27(30-25-15-16-31(18-25)26(32)24-9-5-6-10-24)29-17-21-11-13-23(14-12-21)20-33-19-22-7-3-2-4-8-22;/h2-4,7-8,11-14,24-25H,5-6,9-10,15-20H2,1H3,(H2,28,29,30);1H. The molecule has 6 nitrogen and oxygen atoms in total. The van der Waals surface area contributed by atoms with Crippen LogP contribution in [0.2, 0.25) is 0 Å². The van der Waals surface area contributed by atoms with Crippen LogP contribution in [0.5, 0.6) is 0 Å². The molecule has 1 atom stereocenters. The fourth-order valence-electron chi connectivity index (χ4n) is 4.70. The summed E-state index contributed by atoms with van der Waals surface area (Å²) < 4.78 is 5.82. The van der Waals surface area contributed by atoms with Crippen molar-refractivity contribution in [2.75, 3.05) is 20.1 Å². The van der Waals surface area contributed by atoms with Crippen molar-refractivity contribution in [3.8, 4) is 0 Å². The third-order valence-electron chi connectivity index (χ3n) is 6.63. The first-order valence-corrected chi connectivity index (χ1v) is 12.2. The molecule has 1 aliphatic carbocycles. The molecule has 2 aromatic carbocycles. The van der Waals surface area contributed by atoms with Gasteiger partial charge in [0.25, 0.3) is 0 Å². The van der Waals surface area contributed by atoms with Crippen molar-refractivity contribution in [2.45, 2.75) is 57.9 Å². The third kappa shape index (κ3) is 7.70. The van der Waals surface area contributed by atoms with Gasteiger partial charge in [-0.05, 0) is 36.0 Å². The van der Waals surface area contributed by atoms with Crippen LogP contribution in [0, 0.1) is 5.92 Å². The maximum atomic E-state index is 12.7. The quantitative estimate of drug-likeness (QED) is 0.277. The number of rotatable bonds is 8. The van der Waals surface area contributed by atoms with E-state index in [1.807, 2.05) is 23.1 Å². The van der Waals surface area contributed by atoms with Gasteiger partial charge in [-0.15, -0.1) is 24.0 Å². The molecule has 1 unspecified atom stereocenters. The molecule has 2 N–H and O–H groups in total. The number of benzene rings is 2. The number of amides is 1. The minimum atomic E-state index is 0. The molecule has 2 aromatic rings. The van der Waals surface area contributed by atoms with E-state index < -0.39 is 0 Å². The summed E-state index contributed by atoms with van der Waals surface area (Å²) in [7, 11) is 1.79. The Morgan fingerprint density at radius 2 is 1.62 bits per heavy atom. The SMILES string of the molecule is CN=C(NCc1ccc(COCc2ccccc2)cc1)NC1CCN(C(=O)C2CCCC2)C1.I. The van der Waals surface area contributed by atoms with Gasteiger partial charge in [-0.2, -0.15) is 0 Å². The third-order valence-corrected chi connectivity index (χ3v) is 6.63. The minimum Gasteiger partial charge on any atom is -0.372 e. The second-order valence-electron chi connectivity index (χ2n) is 9.12. The van der Waals surface area contributed by atoms with Gasteiger partial charge in [0.15, 0.2) is 5.96 Å². The number of nitrogens with zero attached hydrogens (tertiary/aromatic N) is 2. The van der Waals surface area contributed by atoms with Gasteiger partial charge in [-0.3, -0.25) is 9.79 Å². The summed E-state index contributed by atoms with van der Waals surface area (Å²) in [5.74, 6) is 1.39. The van der Waals surface area contributed by atoms with Crippen molar-refractivity contribution in [3.05, 3.63) is 71.3 Å². The van der Waals surface area contributed by atoms with E-state index in [1.165, 1.54) is 24.0 Å². The number of ether oxygens (including phenoxy) is 1. The number of hydrogen-bond acceptors (Lipinski definition) is 3. The molecule has 34 heavy (non-hydrogen) atoms. The highest BCUT2D eigenvalue weighted by Gasteiger charge is 2.32. The van der Waals surface area contributed by atoms with Crippen molar-refractivity contribution < 1.29 is 9.53 Å². The molecule has 7 heteroatoms. The first-order valence-electron chi connectivity index (χ1n) is 12.2. The van der Waals surface area contributed by atoms with Crippen LogP contribution in [0.4, 0.5) is 0 Å². The summed E-state index contributed by atoms with van der Waals surface area (Å²) in [6, 6.07) is 19.0. The zero-order valence-corrected chi connectivity index (χ0v) is 22.4. The average Bonchev–Trinajstić information content (AvgIpc) is 3.55. The normalized spacial score (nSPS) is 18.6. The van der Waals surface area contributed by atoms with Crippen LogP contribution in [0.15, 0.2) is 59.6 Å². The first-order chi connectivity index (χ1) is 16.2. The van der Waals surface area contributed by atoms with Crippen LogP contribution in [0.1, 0.15) is 48.8 Å². The van der Waals surface area contributed by atoms with Crippen molar-refractivity contribution in [2.24, 2.45) is 10.9 Å². The maximum absolute atomic E-state index is 12.7. The fraction of sp³-hybridized carbons (Fsp3) is 0.481. The number of hydrogen-bond donors (Lipinski definition) is 2. The monoisotopic (exact) mass is 576 g/mol. The van der Waals surface area contributed by atoms with E-state index in [1.54, 1.807) is 7.05 Å². The van der Waals surface area contributed by atoms with Crippen molar-refractivity contribution >= 4 is 35.8 Å². The average molecular weight is 577 g/mol. The zero-order chi connectivity index (χ0) is 22.9. The van der Waals surface area contributed by atoms with Crippen molar-refractivity contribution in [3.63, 3.8) is 0 Å². The van der Waals surface area contributed by atoms with Crippen LogP contribution in [0.3, 0.4) is 0 Å². The molecular formula is C27H37IN4O2. The van der Waals surface area contributed by atoms with E-state index in [9.17, 15) is 4.79 Å². The van der Waals surface area contributed by atoms with Gasteiger partial charge in [0.05, 0.1) is 13.2 Å². The van der Waals surface area contributed by atoms with Crippen molar-refractivity contribution in [1.82, 2.24) is 15.5 Å². The van der Waals surface area contributed by atoms with Crippen molar-refractivity contribution in [1.29, 1.82) is 0 Å². The summed E-state index contributed by atoms with van der Waals surface area (Å²) in [5, 5.41) is 6.89. The Morgan fingerprint density at radius 1 is 0.971 bits per heavy atom. The molecule has 4 rings (SSSR count). The molecule has 2 fully saturated rings. The zero-order valence-electron chi connectivity index (χ0n) is 20.0. The minimum absolute atomic E-state index is 0. The number of likely N-dealkylation sites (tertiary alicyclic amines) is 1. The number of carbonyl (C=O) groups is 1. The number of nitrogens with one attached hydrogen (secondary N) is 2. The highest BCUT2D eigenvalue weighted by atomic mass is 127. The van der Waals surface area contributed by atoms with Gasteiger partial charge in [-0.1, -0.05) is 67.4 Å². The van der Waals surface area contributed by atoms with Crippen LogP contribution in [-0.4, -0.2) is 42.9 Å². The molecule has 0 spiro atoms. The lowest BCUT2D eigenvalue weighted by Crippen LogP contribution is -2.45. The molecule has 0 radical (unpaired) electrons. The second-order valence-corrected chi connectivity index (χ2v) is 9.12. The maximum Gasteiger partial charge on any atom is 0.225 e. The van der Waals surface area contributed by atoms with E-state index in [0.29, 0.717) is 25.7 Å². The number of guanidine groups is 1. The Labute approximate surface area is 220 Å². The van der Waals surface area contributed by atoms with Gasteiger partial charge < -0.3 is 20.3 Å². The van der Waals surface area contributed by atoms with Gasteiger partial charge in [0.1, 0.15) is 0 Å². The molecule has 0 bridgehead atoms. The number of carbonyl (C=O) groups excluding carboxylic acids is 1. The predicted molar refractivity (Wildman–Crippen MR) is 147 cm³/mol. The summed E-state index contributed by atoms with van der Waals surface area (Å²) >= 11 is 0. The van der Waals surface area contributed by atoms with Gasteiger partial charge in [-0.25, -0.2) is 0 Å². The second kappa shape index (κ2) is 13.7. The van der Waals surface area contributed by atoms with Crippen LogP contribution in [0.25, 0.3) is 0 Å². The highest BCUT2D eigenvalue weighted by molar-refractivity contribution is 14.0. The molecule has 1 aliphatic heterocycles. The molecule has 0 aromatic heterocycles. The molecule has 1 saturated carbocycles. The van der Waals surface area contributed by atoms with Crippen LogP contribution in [-0.2, 0) is 29.3 Å². The summed E-state index contributed by atoms with van der Waals surface area (Å²) in [5.41, 5.74) is 3.54. The summed E-state index contributed by atoms with van der Waals surface area (Å²) in [4.78, 5) is 19.1. The Hall–Kier alpha value is -2.13. The van der Waals surface area contributed by atoms with Crippen LogP contribution >= 0.6 is 24.0 Å². The van der Waals surface area contributed by atoms with E-state index in [0.717, 1.165) is 43.9 Å². The molecule has 2 aliphatic rings. The van der Waals surface area contributed by atoms with Gasteiger partial charge >= 0.3 is 0 Å². The molecule has 184 valence electrons. The van der Waals surface area contributed by atoms with E-state index in [-0.39, 0.29) is 35.9 Å². The van der Waals surface area contributed by atoms with E-state index in [4.69, 9.17) is 4.74 Å². The summed E-state index contributed by atoms with van der Waals surface area (Å²) in [6.45, 7) is 3.54. The Kier molecular flexibility index (Phi) is 10.7. The van der Waals surface area contributed by atoms with E-state index in [2.05, 4.69) is 52.0 Å². The smallest absolute Gasteiger partial charge is 0.225 e. The fourth-order valence-corrected chi connectivity index (χ4v) is 4.70. The van der Waals surface area contributed by atoms with Crippen LogP contribution < -0.4 is 10.6 Å². The Morgan fingerprint density at radius 3 is 2.29 bits per heavy atom. The lowest BCUT2D eigenvalue weighted by Gasteiger charge is -2.21. The predicted octanol–water partition coefficient (Wildman–Crippen LogP) is 4.48. The van der Waals surface area contributed by atoms with Gasteiger partial charge in [0.2, 0.25) is 5.91 Å². The number of aliphatic imine (C=N–C) groups is 1. The van der Waals surface area contributed by atoms with Gasteiger partial charge in [0, 0.05) is 38.6 Å². The Balaban J connectivity index is 0.00000324. The first kappa shape index (κ1) is 26.5. The highest BCUT2D eigenvalue weighted by Crippen LogP contribution is 2.27. The molecule has 1 amide bonds. The molecule has 1 heterocycles. The molecule has 1 saturated heterocycles. The summed E-state index contributed by atoms with van der Waals surface area (Å²) in [6.07, 6.45) is 5.49. The van der Waals surface area contributed by atoms with E-state index >= 15 is 0 Å². The Bertz CT molecular complexity index is 914. The lowest BCUT2D eigenvalue weighted by atomic mass is 10.1.